The molecule has 0 amide bonds. The monoisotopic (exact) mass is 1220 g/mol. The number of sulfone groups is 2. The van der Waals surface area contributed by atoms with Crippen LogP contribution in [0.5, 0.6) is 34.5 Å². The fourth-order valence-electron chi connectivity index (χ4n) is 5.76. The van der Waals surface area contributed by atoms with Crippen LogP contribution in [0.2, 0.25) is 0 Å². The van der Waals surface area contributed by atoms with E-state index in [0.29, 0.717) is 38.1 Å². The molecule has 2 aromatic heterocycles. The molecule has 2 heterocycles. The van der Waals surface area contributed by atoms with Crippen molar-refractivity contribution in [3.63, 3.8) is 0 Å². The van der Waals surface area contributed by atoms with Gasteiger partial charge in [-0.3, -0.25) is 4.79 Å². The molecule has 0 aliphatic rings. The molecular formula is C45H51BrF6K2N6O13S2. The van der Waals surface area contributed by atoms with Gasteiger partial charge in [0.1, 0.15) is 35.8 Å². The first-order valence-corrected chi connectivity index (χ1v) is 25.4. The molecule has 0 unspecified atom stereocenters. The smallest absolute Gasteiger partial charge is 1.00 e. The number of hydrogen-bond acceptors (Lipinski definition) is 19. The predicted molar refractivity (Wildman–Crippen MR) is 260 cm³/mol. The summed E-state index contributed by atoms with van der Waals surface area (Å²) in [6.45, 7) is 7.51. The summed E-state index contributed by atoms with van der Waals surface area (Å²) in [6.07, 6.45) is -6.84. The molecule has 0 atom stereocenters. The van der Waals surface area contributed by atoms with Gasteiger partial charge in [-0.05, 0) is 62.4 Å². The van der Waals surface area contributed by atoms with Crippen molar-refractivity contribution in [3.8, 4) is 34.5 Å². The Morgan fingerprint density at radius 3 is 1.40 bits per heavy atom. The molecule has 0 bridgehead atoms. The number of halogens is 7. The average Bonchev–Trinajstić information content (AvgIpc) is 3.32. The molecule has 6 aromatic rings. The molecule has 75 heavy (non-hydrogen) atoms. The van der Waals surface area contributed by atoms with Gasteiger partial charge in [-0.15, -0.1) is 0 Å². The maximum Gasteiger partial charge on any atom is 1.00 e. The average molecular weight is 1220 g/mol. The van der Waals surface area contributed by atoms with Crippen molar-refractivity contribution in [2.75, 3.05) is 49.6 Å². The van der Waals surface area contributed by atoms with Gasteiger partial charge in [0, 0.05) is 27.7 Å². The van der Waals surface area contributed by atoms with Crippen LogP contribution >= 0.6 is 15.9 Å². The van der Waals surface area contributed by atoms with Crippen LogP contribution in [0.25, 0.3) is 21.8 Å². The number of alkyl halides is 7. The van der Waals surface area contributed by atoms with Gasteiger partial charge in [-0.2, -0.15) is 26.3 Å². The van der Waals surface area contributed by atoms with Crippen LogP contribution in [0.15, 0.2) is 83.1 Å². The van der Waals surface area contributed by atoms with E-state index in [4.69, 9.17) is 33.7 Å². The summed E-state index contributed by atoms with van der Waals surface area (Å²) in [5.74, 6) is 0.397. The van der Waals surface area contributed by atoms with Crippen LogP contribution in [-0.2, 0) is 29.4 Å². The third-order valence-electron chi connectivity index (χ3n) is 8.93. The number of benzene rings is 4. The van der Waals surface area contributed by atoms with Gasteiger partial charge >= 0.3 is 115 Å². The minimum atomic E-state index is -4.59. The van der Waals surface area contributed by atoms with Crippen LogP contribution in [0.4, 0.5) is 49.4 Å². The maximum atomic E-state index is 12.8. The summed E-state index contributed by atoms with van der Waals surface area (Å²) < 4.78 is 151. The number of carbonyl (C=O) groups excluding carboxylic acids is 1. The first-order chi connectivity index (χ1) is 34.1. The molecule has 0 radical (unpaired) electrons. The van der Waals surface area contributed by atoms with Gasteiger partial charge in [0.2, 0.25) is 0 Å². The van der Waals surface area contributed by atoms with Crippen molar-refractivity contribution in [2.24, 2.45) is 0 Å². The van der Waals surface area contributed by atoms with Crippen molar-refractivity contribution in [1.29, 1.82) is 0 Å². The Hall–Kier alpha value is -3.38. The van der Waals surface area contributed by atoms with E-state index < -0.39 is 45.2 Å². The molecular weight excluding hydrogens is 1170 g/mol. The van der Waals surface area contributed by atoms with Crippen LogP contribution in [-0.4, -0.2) is 111 Å². The standard InChI is InChI=1S/C22H24F3N3O5S.C19H18F3N3O5S.C3H7Br.CH2O3.2K.H/c1-5-34(29,30)14-6-7-18(32-11-22(23,24)25)17(8-14)28-21-15-9-19(31-4)20(33-13(2)3)10-16(15)26-12-27-21;1-3-31(27,28)11-4-5-16(30-9-19(20,21)22)14(6-11)25-18-12-7-17(29-2)15(26)8-13(12)23-10-24-18;1-3(2)4;2-1-4-3;;;/h6-10,12-13H,5,11H2,1-4H3,(H,26,27,28);4-8,10,26H,3,9H2,1-2H3,(H,23,24,25);3H,1-2H3;1,3H;;;/q;;;;2*+1;-1/p-1. The van der Waals surface area contributed by atoms with Crippen molar-refractivity contribution >= 4 is 86.9 Å². The van der Waals surface area contributed by atoms with Crippen LogP contribution in [0.1, 0.15) is 43.0 Å². The first kappa shape index (κ1) is 69.6. The second kappa shape index (κ2) is 31.9. The molecule has 0 saturated carbocycles. The third-order valence-corrected chi connectivity index (χ3v) is 12.4. The molecule has 4 aromatic carbocycles. The Balaban J connectivity index is 0.00000126. The topological polar surface area (TPSA) is 260 Å². The Labute approximate surface area is 523 Å². The van der Waals surface area contributed by atoms with Crippen LogP contribution < -0.4 is 142 Å². The number of anilines is 4. The van der Waals surface area contributed by atoms with E-state index in [1.807, 2.05) is 13.8 Å². The summed E-state index contributed by atoms with van der Waals surface area (Å²) in [5.41, 5.74) is 0.765. The summed E-state index contributed by atoms with van der Waals surface area (Å²) in [6, 6.07) is 13.1. The fraction of sp³-hybridized carbons (Fsp3) is 0.356. The zero-order valence-corrected chi connectivity index (χ0v) is 51.6. The minimum Gasteiger partial charge on any atom is -1.00 e. The third kappa shape index (κ3) is 22.5. The van der Waals surface area contributed by atoms with Gasteiger partial charge in [0.05, 0.1) is 64.0 Å². The quantitative estimate of drug-likeness (QED) is 0.0296. The van der Waals surface area contributed by atoms with Gasteiger partial charge in [-0.25, -0.2) is 36.8 Å². The number of phenols is 1. The van der Waals surface area contributed by atoms with Crippen LogP contribution in [0, 0.1) is 0 Å². The van der Waals surface area contributed by atoms with E-state index in [2.05, 4.69) is 65.2 Å². The van der Waals surface area contributed by atoms with Gasteiger partial charge < -0.3 is 51.0 Å². The fourth-order valence-corrected chi connectivity index (χ4v) is 7.58. The number of aromatic nitrogens is 4. The Morgan fingerprint density at radius 2 is 1.05 bits per heavy atom. The molecule has 0 fully saturated rings. The molecule has 0 aliphatic heterocycles. The Kier molecular flexibility index (Phi) is 29.6. The molecule has 0 aliphatic carbocycles. The van der Waals surface area contributed by atoms with E-state index >= 15 is 0 Å². The van der Waals surface area contributed by atoms with Crippen molar-refractivity contribution < 1.29 is 191 Å². The van der Waals surface area contributed by atoms with Crippen molar-refractivity contribution in [2.45, 2.75) is 74.6 Å². The van der Waals surface area contributed by atoms with E-state index in [9.17, 15) is 48.3 Å². The summed E-state index contributed by atoms with van der Waals surface area (Å²) >= 11 is 3.27. The first-order valence-electron chi connectivity index (χ1n) is 21.2. The van der Waals surface area contributed by atoms with E-state index in [0.717, 1.165) is 6.07 Å². The number of rotatable bonds is 17. The van der Waals surface area contributed by atoms with Crippen molar-refractivity contribution in [1.82, 2.24) is 19.9 Å². The van der Waals surface area contributed by atoms with E-state index in [1.165, 1.54) is 83.2 Å². The largest absolute Gasteiger partial charge is 1.00 e. The minimum absolute atomic E-state index is 0. The number of ether oxygens (including phenoxy) is 5. The van der Waals surface area contributed by atoms with Gasteiger partial charge in [-0.1, -0.05) is 43.6 Å². The second-order valence-corrected chi connectivity index (χ2v) is 21.4. The van der Waals surface area contributed by atoms with E-state index in [-0.39, 0.29) is 184 Å². The number of fused-ring (bicyclic) bond motifs is 2. The van der Waals surface area contributed by atoms with Gasteiger partial charge in [0.25, 0.3) is 6.47 Å². The normalized spacial score (nSPS) is 11.2. The molecule has 6 rings (SSSR count). The SMILES string of the molecule is CC(C)Br.CCS(=O)(=O)c1ccc(OCC(F)(F)F)c(Nc2ncnc3cc(O)c(OC)cc23)c1.CCS(=O)(=O)c1ccc(OCC(F)(F)F)c(Nc2ncnc3cc(OC(C)C)c(OC)cc23)c1.O=CO[O-].[H-].[K+].[K+]. The zero-order valence-electron chi connectivity index (χ0n) is 43.1. The number of nitrogens with zero attached hydrogens (tertiary/aromatic N) is 4. The molecule has 19 nitrogen and oxygen atoms in total. The Morgan fingerprint density at radius 1 is 0.667 bits per heavy atom. The predicted octanol–water partition coefficient (Wildman–Crippen LogP) is 3.07. The molecule has 0 saturated heterocycles. The number of nitrogens with one attached hydrogen (secondary N) is 2. The summed E-state index contributed by atoms with van der Waals surface area (Å²) in [5, 5.41) is 24.9. The Bertz CT molecular complexity index is 3050. The van der Waals surface area contributed by atoms with Crippen molar-refractivity contribution in [3.05, 3.63) is 73.3 Å². The van der Waals surface area contributed by atoms with Gasteiger partial charge in [0.15, 0.2) is 55.9 Å². The number of methoxy groups -OCH3 is 2. The van der Waals surface area contributed by atoms with E-state index in [1.54, 1.807) is 12.1 Å². The maximum absolute atomic E-state index is 12.8. The number of phenolic OH excluding ortho intramolecular Hbond substituents is 1. The zero-order chi connectivity index (χ0) is 54.9. The summed E-state index contributed by atoms with van der Waals surface area (Å²) in [7, 11) is -4.45. The number of carbonyl (C=O) groups is 1. The molecule has 3 N–H and O–H groups in total. The molecule has 30 heteroatoms. The van der Waals surface area contributed by atoms with Crippen LogP contribution in [0.3, 0.4) is 0 Å². The summed E-state index contributed by atoms with van der Waals surface area (Å²) in [4.78, 5) is 28.3. The number of hydrogen-bond donors (Lipinski definition) is 3. The second-order valence-electron chi connectivity index (χ2n) is 15.1. The molecule has 0 spiro atoms. The number of aromatic hydroxyl groups is 1. The molecule has 402 valence electrons.